The fourth-order valence-corrected chi connectivity index (χ4v) is 5.33. The number of ether oxygens (including phenoxy) is 1. The summed E-state index contributed by atoms with van der Waals surface area (Å²) in [5.74, 6) is -0.444. The van der Waals surface area contributed by atoms with Gasteiger partial charge in [-0.3, -0.25) is 9.59 Å². The number of carbonyl (C=O) groups is 2. The Bertz CT molecular complexity index is 1300. The summed E-state index contributed by atoms with van der Waals surface area (Å²) >= 11 is 0. The summed E-state index contributed by atoms with van der Waals surface area (Å²) in [5.41, 5.74) is 16.4. The molecule has 2 amide bonds. The van der Waals surface area contributed by atoms with Crippen molar-refractivity contribution in [3.05, 3.63) is 83.0 Å². The number of primary amides is 1. The third-order valence-electron chi connectivity index (χ3n) is 7.79. The van der Waals surface area contributed by atoms with Gasteiger partial charge in [0.15, 0.2) is 0 Å². The van der Waals surface area contributed by atoms with Gasteiger partial charge in [0.05, 0.1) is 24.7 Å². The maximum absolute atomic E-state index is 12.3. The van der Waals surface area contributed by atoms with Crippen LogP contribution in [0.2, 0.25) is 0 Å². The minimum Gasteiger partial charge on any atom is -0.383 e. The van der Waals surface area contributed by atoms with Crippen LogP contribution in [0.3, 0.4) is 0 Å². The molecular weight excluding hydrogens is 514 g/mol. The summed E-state index contributed by atoms with van der Waals surface area (Å²) in [6.07, 6.45) is 9.66. The number of aromatic nitrogens is 1. The average molecular weight is 558 g/mol. The lowest BCUT2D eigenvalue weighted by Crippen LogP contribution is -2.43. The molecule has 2 heterocycles. The quantitative estimate of drug-likeness (QED) is 0.371. The van der Waals surface area contributed by atoms with Crippen LogP contribution in [-0.2, 0) is 22.6 Å². The molecule has 0 unspecified atom stereocenters. The van der Waals surface area contributed by atoms with Gasteiger partial charge in [0.25, 0.3) is 5.91 Å². The maximum Gasteiger partial charge on any atom is 0.252 e. The van der Waals surface area contributed by atoms with Gasteiger partial charge in [-0.1, -0.05) is 66.9 Å². The number of nitrogens with zero attached hydrogens (tertiary/aromatic N) is 2. The number of benzene rings is 2. The molecule has 0 atom stereocenters. The van der Waals surface area contributed by atoms with Crippen LogP contribution in [-0.4, -0.2) is 54.0 Å². The first kappa shape index (κ1) is 30.2. The number of rotatable bonds is 8. The molecule has 3 aromatic rings. The smallest absolute Gasteiger partial charge is 0.252 e. The van der Waals surface area contributed by atoms with Gasteiger partial charge in [-0.2, -0.15) is 0 Å². The first-order valence-electron chi connectivity index (χ1n) is 14.6. The SMILES string of the molecule is CN1CCC(NC(=O)Cc2ccc(-c3cnc(N)c(C(N)=O)c3)cc2)CC1.Cc1cccc(COC2CCCC2)c1. The Labute approximate surface area is 243 Å². The van der Waals surface area contributed by atoms with E-state index < -0.39 is 5.91 Å². The van der Waals surface area contributed by atoms with Gasteiger partial charge in [0, 0.05) is 17.8 Å². The second-order valence-electron chi connectivity index (χ2n) is 11.2. The zero-order chi connectivity index (χ0) is 29.2. The summed E-state index contributed by atoms with van der Waals surface area (Å²) < 4.78 is 5.84. The Morgan fingerprint density at radius 3 is 2.34 bits per heavy atom. The number of likely N-dealkylation sites (tertiary alicyclic amines) is 1. The molecule has 8 nitrogen and oxygen atoms in total. The number of hydrogen-bond acceptors (Lipinski definition) is 6. The van der Waals surface area contributed by atoms with E-state index in [2.05, 4.69) is 53.4 Å². The number of carbonyl (C=O) groups excluding carboxylic acids is 2. The molecule has 2 fully saturated rings. The third-order valence-corrected chi connectivity index (χ3v) is 7.79. The van der Waals surface area contributed by atoms with Crippen molar-refractivity contribution in [2.45, 2.75) is 70.6 Å². The summed E-state index contributed by atoms with van der Waals surface area (Å²) in [5, 5.41) is 3.12. The molecule has 8 heteroatoms. The van der Waals surface area contributed by atoms with Crippen LogP contribution < -0.4 is 16.8 Å². The second kappa shape index (κ2) is 14.8. The molecule has 1 saturated heterocycles. The number of anilines is 1. The summed E-state index contributed by atoms with van der Waals surface area (Å²) in [7, 11) is 2.10. The molecule has 1 saturated carbocycles. The molecule has 5 rings (SSSR count). The highest BCUT2D eigenvalue weighted by Gasteiger charge is 2.18. The molecule has 1 aromatic heterocycles. The maximum atomic E-state index is 12.3. The van der Waals surface area contributed by atoms with Crippen LogP contribution in [0.1, 0.15) is 65.6 Å². The van der Waals surface area contributed by atoms with E-state index in [1.165, 1.54) is 36.8 Å². The fraction of sp³-hybridized carbons (Fsp3) is 0.424. The normalized spacial score (nSPS) is 16.1. The topological polar surface area (TPSA) is 124 Å². The third kappa shape index (κ3) is 9.40. The van der Waals surface area contributed by atoms with Crippen molar-refractivity contribution < 1.29 is 14.3 Å². The molecule has 2 aromatic carbocycles. The average Bonchev–Trinajstić information content (AvgIpc) is 3.48. The zero-order valence-corrected chi connectivity index (χ0v) is 24.3. The summed E-state index contributed by atoms with van der Waals surface area (Å²) in [6.45, 7) is 4.94. The Balaban J connectivity index is 0.000000231. The number of amides is 2. The number of piperidine rings is 1. The van der Waals surface area contributed by atoms with Crippen molar-refractivity contribution in [1.29, 1.82) is 0 Å². The van der Waals surface area contributed by atoms with Crippen LogP contribution in [0.25, 0.3) is 11.1 Å². The number of nitrogens with two attached hydrogens (primary N) is 2. The number of pyridine rings is 1. The van der Waals surface area contributed by atoms with Crippen LogP contribution in [0.4, 0.5) is 5.82 Å². The molecule has 0 bridgehead atoms. The lowest BCUT2D eigenvalue weighted by Gasteiger charge is -2.29. The van der Waals surface area contributed by atoms with Gasteiger partial charge >= 0.3 is 0 Å². The second-order valence-corrected chi connectivity index (χ2v) is 11.2. The zero-order valence-electron chi connectivity index (χ0n) is 24.3. The van der Waals surface area contributed by atoms with E-state index in [1.54, 1.807) is 12.3 Å². The molecule has 1 aliphatic heterocycles. The van der Waals surface area contributed by atoms with Crippen LogP contribution in [0.15, 0.2) is 60.8 Å². The van der Waals surface area contributed by atoms with Crippen molar-refractivity contribution in [2.24, 2.45) is 5.73 Å². The van der Waals surface area contributed by atoms with E-state index in [0.29, 0.717) is 12.5 Å². The highest BCUT2D eigenvalue weighted by Crippen LogP contribution is 2.23. The summed E-state index contributed by atoms with van der Waals surface area (Å²) in [4.78, 5) is 30.0. The Kier molecular flexibility index (Phi) is 10.9. The van der Waals surface area contributed by atoms with E-state index in [1.807, 2.05) is 24.3 Å². The van der Waals surface area contributed by atoms with Crippen molar-refractivity contribution in [1.82, 2.24) is 15.2 Å². The van der Waals surface area contributed by atoms with Crippen LogP contribution in [0.5, 0.6) is 0 Å². The molecule has 2 aliphatic rings. The molecule has 0 radical (unpaired) electrons. The van der Waals surface area contributed by atoms with Crippen molar-refractivity contribution in [3.63, 3.8) is 0 Å². The van der Waals surface area contributed by atoms with Gasteiger partial charge in [-0.05, 0) is 75.5 Å². The number of aryl methyl sites for hydroxylation is 1. The van der Waals surface area contributed by atoms with E-state index in [0.717, 1.165) is 49.2 Å². The molecular formula is C33H43N5O3. The molecule has 0 spiro atoms. The first-order valence-corrected chi connectivity index (χ1v) is 14.6. The lowest BCUT2D eigenvalue weighted by molar-refractivity contribution is -0.121. The highest BCUT2D eigenvalue weighted by atomic mass is 16.5. The number of hydrogen-bond donors (Lipinski definition) is 3. The predicted octanol–water partition coefficient (Wildman–Crippen LogP) is 4.64. The Morgan fingerprint density at radius 1 is 0.976 bits per heavy atom. The van der Waals surface area contributed by atoms with Crippen molar-refractivity contribution in [2.75, 3.05) is 25.9 Å². The lowest BCUT2D eigenvalue weighted by atomic mass is 10.0. The minimum atomic E-state index is -0.607. The van der Waals surface area contributed by atoms with Gasteiger partial charge in [-0.25, -0.2) is 4.98 Å². The molecule has 218 valence electrons. The molecule has 5 N–H and O–H groups in total. The van der Waals surface area contributed by atoms with Crippen LogP contribution in [0, 0.1) is 6.92 Å². The predicted molar refractivity (Wildman–Crippen MR) is 163 cm³/mol. The fourth-order valence-electron chi connectivity index (χ4n) is 5.33. The first-order chi connectivity index (χ1) is 19.8. The minimum absolute atomic E-state index is 0.0440. The van der Waals surface area contributed by atoms with Crippen LogP contribution >= 0.6 is 0 Å². The van der Waals surface area contributed by atoms with E-state index >= 15 is 0 Å². The number of nitrogen functional groups attached to an aromatic ring is 1. The van der Waals surface area contributed by atoms with Gasteiger partial charge < -0.3 is 26.4 Å². The van der Waals surface area contributed by atoms with E-state index in [9.17, 15) is 9.59 Å². The summed E-state index contributed by atoms with van der Waals surface area (Å²) in [6, 6.07) is 18.1. The molecule has 1 aliphatic carbocycles. The largest absolute Gasteiger partial charge is 0.383 e. The van der Waals surface area contributed by atoms with Gasteiger partial charge in [0.1, 0.15) is 5.82 Å². The number of nitrogens with one attached hydrogen (secondary N) is 1. The van der Waals surface area contributed by atoms with Gasteiger partial charge in [0.2, 0.25) is 5.91 Å². The standard InChI is InChI=1S/C20H25N5O2.C13H18O/c1-25-8-6-16(7-9-25)24-18(26)10-13-2-4-14(5-3-13)15-11-17(20(22)27)19(21)23-12-15;1-11-5-4-6-12(9-11)10-14-13-7-2-3-8-13/h2-5,11-12,16H,6-10H2,1H3,(H2,21,23)(H2,22,27)(H,24,26);4-6,9,13H,2-3,7-8,10H2,1H3. The Hall–Kier alpha value is -3.75. The Morgan fingerprint density at radius 2 is 1.68 bits per heavy atom. The van der Waals surface area contributed by atoms with Crippen molar-refractivity contribution >= 4 is 17.6 Å². The monoisotopic (exact) mass is 557 g/mol. The highest BCUT2D eigenvalue weighted by molar-refractivity contribution is 5.98. The van der Waals surface area contributed by atoms with E-state index in [4.69, 9.17) is 16.2 Å². The van der Waals surface area contributed by atoms with Crippen molar-refractivity contribution in [3.8, 4) is 11.1 Å². The molecule has 41 heavy (non-hydrogen) atoms. The van der Waals surface area contributed by atoms with E-state index in [-0.39, 0.29) is 23.3 Å². The van der Waals surface area contributed by atoms with Gasteiger partial charge in [-0.15, -0.1) is 0 Å².